The van der Waals surface area contributed by atoms with Gasteiger partial charge in [-0.2, -0.15) is 0 Å². The van der Waals surface area contributed by atoms with Gasteiger partial charge in [-0.3, -0.25) is 9.59 Å². The summed E-state index contributed by atoms with van der Waals surface area (Å²) in [5.74, 6) is -0.155. The molecule has 0 saturated heterocycles. The molecule has 0 radical (unpaired) electrons. The average molecular weight is 345 g/mol. The largest absolute Gasteiger partial charge is 0.334 e. The van der Waals surface area contributed by atoms with Crippen molar-refractivity contribution in [2.45, 2.75) is 40.2 Å². The maximum Gasteiger partial charge on any atom is 0.254 e. The molecule has 0 aliphatic heterocycles. The Morgan fingerprint density at radius 3 is 2.62 bits per heavy atom. The van der Waals surface area contributed by atoms with Gasteiger partial charge in [0.1, 0.15) is 0 Å². The molecule has 24 heavy (non-hydrogen) atoms. The highest BCUT2D eigenvalue weighted by Gasteiger charge is 2.22. The highest BCUT2D eigenvalue weighted by atomic mass is 32.1. The molecular weight excluding hydrogens is 322 g/mol. The molecule has 0 unspecified atom stereocenters. The van der Waals surface area contributed by atoms with Crippen molar-refractivity contribution in [3.05, 3.63) is 45.4 Å². The molecule has 2 aromatic rings. The standard InChI is InChI=1S/C18H23N3O2S/c1-6-16(22)20-15-9-7-8-14(10-15)18(23)21(5)12(3)17-11(2)19-13(4)24-17/h7-10,12H,6H2,1-5H3,(H,20,22)/t12-/m1/s1. The lowest BCUT2D eigenvalue weighted by atomic mass is 10.1. The number of hydrogen-bond donors (Lipinski definition) is 1. The van der Waals surface area contributed by atoms with E-state index in [1.807, 2.05) is 20.8 Å². The predicted octanol–water partition coefficient (Wildman–Crippen LogP) is 3.94. The Labute approximate surface area is 146 Å². The van der Waals surface area contributed by atoms with E-state index in [0.717, 1.165) is 15.6 Å². The Morgan fingerprint density at radius 2 is 2.04 bits per heavy atom. The number of rotatable bonds is 5. The average Bonchev–Trinajstić information content (AvgIpc) is 2.91. The molecule has 0 spiro atoms. The lowest BCUT2D eigenvalue weighted by Crippen LogP contribution is -2.29. The van der Waals surface area contributed by atoms with Crippen LogP contribution in [0.25, 0.3) is 0 Å². The fourth-order valence-corrected chi connectivity index (χ4v) is 3.49. The second kappa shape index (κ2) is 7.57. The number of anilines is 1. The summed E-state index contributed by atoms with van der Waals surface area (Å²) in [5, 5.41) is 3.78. The number of amides is 2. The maximum absolute atomic E-state index is 12.8. The molecule has 0 aliphatic carbocycles. The Hall–Kier alpha value is -2.21. The van der Waals surface area contributed by atoms with Gasteiger partial charge in [0.15, 0.2) is 0 Å². The van der Waals surface area contributed by atoms with Crippen molar-refractivity contribution >= 4 is 28.8 Å². The number of aryl methyl sites for hydroxylation is 2. The summed E-state index contributed by atoms with van der Waals surface area (Å²) >= 11 is 1.62. The maximum atomic E-state index is 12.8. The number of nitrogens with one attached hydrogen (secondary N) is 1. The molecule has 5 nitrogen and oxygen atoms in total. The van der Waals surface area contributed by atoms with Crippen LogP contribution >= 0.6 is 11.3 Å². The van der Waals surface area contributed by atoms with Crippen LogP contribution in [0.1, 0.15) is 52.2 Å². The van der Waals surface area contributed by atoms with E-state index in [1.54, 1.807) is 54.5 Å². The molecular formula is C18H23N3O2S. The van der Waals surface area contributed by atoms with Gasteiger partial charge in [-0.05, 0) is 39.0 Å². The first kappa shape index (κ1) is 18.1. The second-order valence-corrected chi connectivity index (χ2v) is 6.99. The van der Waals surface area contributed by atoms with Crippen molar-refractivity contribution in [3.8, 4) is 0 Å². The van der Waals surface area contributed by atoms with Gasteiger partial charge in [-0.25, -0.2) is 4.98 Å². The molecule has 1 aromatic carbocycles. The molecule has 0 bridgehead atoms. The van der Waals surface area contributed by atoms with Crippen molar-refractivity contribution < 1.29 is 9.59 Å². The number of nitrogens with zero attached hydrogens (tertiary/aromatic N) is 2. The third-order valence-corrected chi connectivity index (χ3v) is 5.18. The zero-order chi connectivity index (χ0) is 17.9. The minimum absolute atomic E-state index is 0.0578. The lowest BCUT2D eigenvalue weighted by Gasteiger charge is -2.24. The van der Waals surface area contributed by atoms with Crippen LogP contribution in [0.15, 0.2) is 24.3 Å². The van der Waals surface area contributed by atoms with Crippen LogP contribution in [0.4, 0.5) is 5.69 Å². The molecule has 2 rings (SSSR count). The Morgan fingerprint density at radius 1 is 1.33 bits per heavy atom. The number of carbonyl (C=O) groups excluding carboxylic acids is 2. The van der Waals surface area contributed by atoms with Gasteiger partial charge in [-0.1, -0.05) is 13.0 Å². The normalized spacial score (nSPS) is 11.9. The Balaban J connectivity index is 2.20. The van der Waals surface area contributed by atoms with E-state index < -0.39 is 0 Å². The van der Waals surface area contributed by atoms with Gasteiger partial charge in [0, 0.05) is 29.6 Å². The highest BCUT2D eigenvalue weighted by Crippen LogP contribution is 2.29. The molecule has 1 N–H and O–H groups in total. The molecule has 0 aliphatic rings. The van der Waals surface area contributed by atoms with Crippen LogP contribution in [-0.4, -0.2) is 28.7 Å². The summed E-state index contributed by atoms with van der Waals surface area (Å²) in [7, 11) is 1.79. The number of aromatic nitrogens is 1. The summed E-state index contributed by atoms with van der Waals surface area (Å²) < 4.78 is 0. The number of benzene rings is 1. The van der Waals surface area contributed by atoms with Crippen LogP contribution in [0, 0.1) is 13.8 Å². The zero-order valence-corrected chi connectivity index (χ0v) is 15.5. The fraction of sp³-hybridized carbons (Fsp3) is 0.389. The highest BCUT2D eigenvalue weighted by molar-refractivity contribution is 7.11. The molecule has 6 heteroatoms. The molecule has 1 heterocycles. The monoisotopic (exact) mass is 345 g/mol. The molecule has 1 aromatic heterocycles. The number of thiazole rings is 1. The first-order valence-electron chi connectivity index (χ1n) is 7.94. The van der Waals surface area contributed by atoms with Gasteiger partial charge in [-0.15, -0.1) is 11.3 Å². The van der Waals surface area contributed by atoms with Crippen LogP contribution in [0.5, 0.6) is 0 Å². The molecule has 1 atom stereocenters. The second-order valence-electron chi connectivity index (χ2n) is 5.76. The van der Waals surface area contributed by atoms with Crippen LogP contribution in [-0.2, 0) is 4.79 Å². The SMILES string of the molecule is CCC(=O)Nc1cccc(C(=O)N(C)[C@H](C)c2sc(C)nc2C)c1. The van der Waals surface area contributed by atoms with Crippen molar-refractivity contribution in [1.29, 1.82) is 0 Å². The predicted molar refractivity (Wildman–Crippen MR) is 97.5 cm³/mol. The summed E-state index contributed by atoms with van der Waals surface area (Å²) in [6, 6.07) is 6.98. The van der Waals surface area contributed by atoms with E-state index in [9.17, 15) is 9.59 Å². The van der Waals surface area contributed by atoms with Crippen LogP contribution < -0.4 is 5.32 Å². The number of hydrogen-bond acceptors (Lipinski definition) is 4. The third kappa shape index (κ3) is 4.00. The van der Waals surface area contributed by atoms with Crippen LogP contribution in [0.3, 0.4) is 0 Å². The van der Waals surface area contributed by atoms with Gasteiger partial charge >= 0.3 is 0 Å². The Kier molecular flexibility index (Phi) is 5.72. The molecule has 0 saturated carbocycles. The third-order valence-electron chi connectivity index (χ3n) is 3.93. The van der Waals surface area contributed by atoms with Gasteiger partial charge in [0.05, 0.1) is 16.7 Å². The fourth-order valence-electron chi connectivity index (χ4n) is 2.47. The number of carbonyl (C=O) groups is 2. The summed E-state index contributed by atoms with van der Waals surface area (Å²) in [6.45, 7) is 7.73. The summed E-state index contributed by atoms with van der Waals surface area (Å²) in [6.07, 6.45) is 0.402. The van der Waals surface area contributed by atoms with Crippen molar-refractivity contribution in [2.24, 2.45) is 0 Å². The molecule has 128 valence electrons. The van der Waals surface area contributed by atoms with Crippen molar-refractivity contribution in [2.75, 3.05) is 12.4 Å². The molecule has 2 amide bonds. The summed E-state index contributed by atoms with van der Waals surface area (Å²) in [5.41, 5.74) is 2.16. The molecule has 0 fully saturated rings. The zero-order valence-electron chi connectivity index (χ0n) is 14.7. The first-order valence-corrected chi connectivity index (χ1v) is 8.76. The quantitative estimate of drug-likeness (QED) is 0.893. The first-order chi connectivity index (χ1) is 11.3. The van der Waals surface area contributed by atoms with E-state index in [0.29, 0.717) is 17.7 Å². The van der Waals surface area contributed by atoms with E-state index in [-0.39, 0.29) is 17.9 Å². The van der Waals surface area contributed by atoms with E-state index in [1.165, 1.54) is 0 Å². The lowest BCUT2D eigenvalue weighted by molar-refractivity contribution is -0.115. The van der Waals surface area contributed by atoms with Gasteiger partial charge in [0.25, 0.3) is 5.91 Å². The smallest absolute Gasteiger partial charge is 0.254 e. The van der Waals surface area contributed by atoms with Crippen LogP contribution in [0.2, 0.25) is 0 Å². The van der Waals surface area contributed by atoms with Gasteiger partial charge < -0.3 is 10.2 Å². The van der Waals surface area contributed by atoms with Gasteiger partial charge in [0.2, 0.25) is 5.91 Å². The topological polar surface area (TPSA) is 62.3 Å². The van der Waals surface area contributed by atoms with Crippen molar-refractivity contribution in [3.63, 3.8) is 0 Å². The van der Waals surface area contributed by atoms with E-state index in [2.05, 4.69) is 10.3 Å². The Bertz CT molecular complexity index is 754. The van der Waals surface area contributed by atoms with Crippen molar-refractivity contribution in [1.82, 2.24) is 9.88 Å². The van der Waals surface area contributed by atoms with E-state index in [4.69, 9.17) is 0 Å². The van der Waals surface area contributed by atoms with E-state index >= 15 is 0 Å². The minimum Gasteiger partial charge on any atom is -0.334 e. The minimum atomic E-state index is -0.0828. The summed E-state index contributed by atoms with van der Waals surface area (Å²) in [4.78, 5) is 31.5.